The summed E-state index contributed by atoms with van der Waals surface area (Å²) < 4.78 is 25.6. The summed E-state index contributed by atoms with van der Waals surface area (Å²) in [5.41, 5.74) is 1.86. The lowest BCUT2D eigenvalue weighted by Crippen LogP contribution is -1.86. The lowest BCUT2D eigenvalue weighted by Gasteiger charge is -1.94. The molecule has 0 radical (unpaired) electrons. The van der Waals surface area contributed by atoms with Crippen LogP contribution >= 0.6 is 11.6 Å². The van der Waals surface area contributed by atoms with Gasteiger partial charge >= 0.3 is 0 Å². The number of hydrogen-bond donors (Lipinski definition) is 1. The van der Waals surface area contributed by atoms with E-state index in [1.165, 1.54) is 12.1 Å². The van der Waals surface area contributed by atoms with Crippen molar-refractivity contribution in [1.82, 2.24) is 4.98 Å². The van der Waals surface area contributed by atoms with Crippen molar-refractivity contribution in [2.75, 3.05) is 0 Å². The van der Waals surface area contributed by atoms with Gasteiger partial charge in [-0.3, -0.25) is 0 Å². The summed E-state index contributed by atoms with van der Waals surface area (Å²) in [6, 6.07) is 11.8. The maximum atomic E-state index is 11.0. The summed E-state index contributed by atoms with van der Waals surface area (Å²) in [4.78, 5) is 4.59. The lowest BCUT2D eigenvalue weighted by atomic mass is 10.2. The Morgan fingerprint density at radius 3 is 2.79 bits per heavy atom. The molecule has 96 valence electrons. The minimum atomic E-state index is -2.03. The molecule has 6 heteroatoms. The molecule has 0 aliphatic heterocycles. The van der Waals surface area contributed by atoms with Crippen molar-refractivity contribution in [3.8, 4) is 11.5 Å². The smallest absolute Gasteiger partial charge is 0.227 e. The first-order valence-electron chi connectivity index (χ1n) is 5.41. The molecule has 0 bridgehead atoms. The SMILES string of the molecule is O=S(O)c1ccc2oc(-c3cccc(Cl)c3)nc2c1. The van der Waals surface area contributed by atoms with Crippen LogP contribution in [0.1, 0.15) is 0 Å². The quantitative estimate of drug-likeness (QED) is 0.731. The molecule has 0 fully saturated rings. The van der Waals surface area contributed by atoms with Crippen molar-refractivity contribution >= 4 is 33.8 Å². The third-order valence-electron chi connectivity index (χ3n) is 2.63. The summed E-state index contributed by atoms with van der Waals surface area (Å²) >= 11 is 3.89. The number of halogens is 1. The molecule has 0 spiro atoms. The van der Waals surface area contributed by atoms with Crippen molar-refractivity contribution in [1.29, 1.82) is 0 Å². The number of rotatable bonds is 2. The van der Waals surface area contributed by atoms with Crippen molar-refractivity contribution in [3.05, 3.63) is 47.5 Å². The molecular weight excluding hydrogens is 286 g/mol. The van der Waals surface area contributed by atoms with Crippen LogP contribution in [0, 0.1) is 0 Å². The minimum Gasteiger partial charge on any atom is -0.436 e. The number of aromatic nitrogens is 1. The van der Waals surface area contributed by atoms with Gasteiger partial charge in [-0.05, 0) is 36.4 Å². The summed E-state index contributed by atoms with van der Waals surface area (Å²) in [5.74, 6) is 0.429. The number of oxazole rings is 1. The predicted molar refractivity (Wildman–Crippen MR) is 73.5 cm³/mol. The zero-order valence-electron chi connectivity index (χ0n) is 9.54. The van der Waals surface area contributed by atoms with E-state index in [-0.39, 0.29) is 0 Å². The average Bonchev–Trinajstić information content (AvgIpc) is 2.81. The van der Waals surface area contributed by atoms with E-state index in [0.717, 1.165) is 5.56 Å². The van der Waals surface area contributed by atoms with Gasteiger partial charge in [0, 0.05) is 10.6 Å². The maximum Gasteiger partial charge on any atom is 0.227 e. The van der Waals surface area contributed by atoms with Crippen LogP contribution in [0.3, 0.4) is 0 Å². The monoisotopic (exact) mass is 293 g/mol. The highest BCUT2D eigenvalue weighted by molar-refractivity contribution is 7.79. The fourth-order valence-electron chi connectivity index (χ4n) is 1.76. The van der Waals surface area contributed by atoms with Gasteiger partial charge in [-0.1, -0.05) is 17.7 Å². The summed E-state index contributed by atoms with van der Waals surface area (Å²) in [6.45, 7) is 0. The second-order valence-corrected chi connectivity index (χ2v) is 5.31. The van der Waals surface area contributed by atoms with Crippen LogP contribution in [0.15, 0.2) is 51.8 Å². The highest BCUT2D eigenvalue weighted by Gasteiger charge is 2.10. The van der Waals surface area contributed by atoms with Crippen LogP contribution in [0.2, 0.25) is 5.02 Å². The van der Waals surface area contributed by atoms with Gasteiger partial charge in [-0.15, -0.1) is 0 Å². The van der Waals surface area contributed by atoms with E-state index in [2.05, 4.69) is 4.98 Å². The first-order chi connectivity index (χ1) is 9.13. The maximum absolute atomic E-state index is 11.0. The van der Waals surface area contributed by atoms with Crippen LogP contribution in [0.4, 0.5) is 0 Å². The molecule has 1 unspecified atom stereocenters. The standard InChI is InChI=1S/C13H8ClNO3S/c14-9-3-1-2-8(6-9)13-15-11-7-10(19(16)17)4-5-12(11)18-13/h1-7H,(H,16,17). The molecule has 1 aromatic heterocycles. The summed E-state index contributed by atoms with van der Waals surface area (Å²) in [6.07, 6.45) is 0. The Hall–Kier alpha value is -1.69. The van der Waals surface area contributed by atoms with E-state index in [0.29, 0.717) is 26.9 Å². The van der Waals surface area contributed by atoms with Gasteiger partial charge in [-0.25, -0.2) is 9.19 Å². The molecule has 4 nitrogen and oxygen atoms in total. The first kappa shape index (κ1) is 12.3. The Bertz CT molecular complexity index is 784. The van der Waals surface area contributed by atoms with Gasteiger partial charge in [0.2, 0.25) is 5.89 Å². The van der Waals surface area contributed by atoms with Crippen LogP contribution in [0.5, 0.6) is 0 Å². The number of nitrogens with zero attached hydrogens (tertiary/aromatic N) is 1. The largest absolute Gasteiger partial charge is 0.436 e. The third-order valence-corrected chi connectivity index (χ3v) is 3.52. The minimum absolute atomic E-state index is 0.290. The molecule has 3 rings (SSSR count). The Morgan fingerprint density at radius 1 is 1.21 bits per heavy atom. The number of benzene rings is 2. The fourth-order valence-corrected chi connectivity index (χ4v) is 2.35. The number of fused-ring (bicyclic) bond motifs is 1. The average molecular weight is 294 g/mol. The summed E-state index contributed by atoms with van der Waals surface area (Å²) in [7, 11) is 0. The van der Waals surface area contributed by atoms with Gasteiger partial charge in [0.1, 0.15) is 5.52 Å². The van der Waals surface area contributed by atoms with Gasteiger partial charge < -0.3 is 8.97 Å². The van der Waals surface area contributed by atoms with Gasteiger partial charge in [0.15, 0.2) is 16.7 Å². The van der Waals surface area contributed by atoms with E-state index in [1.807, 2.05) is 6.07 Å². The van der Waals surface area contributed by atoms with Crippen LogP contribution in [0.25, 0.3) is 22.6 Å². The van der Waals surface area contributed by atoms with E-state index < -0.39 is 11.1 Å². The Balaban J connectivity index is 2.14. The molecule has 0 saturated heterocycles. The van der Waals surface area contributed by atoms with Crippen molar-refractivity contribution in [2.45, 2.75) is 4.90 Å². The van der Waals surface area contributed by atoms with Crippen LogP contribution < -0.4 is 0 Å². The molecule has 0 aliphatic carbocycles. The van der Waals surface area contributed by atoms with Crippen LogP contribution in [-0.4, -0.2) is 13.7 Å². The molecule has 19 heavy (non-hydrogen) atoms. The third kappa shape index (κ3) is 2.40. The Morgan fingerprint density at radius 2 is 2.05 bits per heavy atom. The van der Waals surface area contributed by atoms with E-state index >= 15 is 0 Å². The van der Waals surface area contributed by atoms with E-state index in [1.54, 1.807) is 24.3 Å². The summed E-state index contributed by atoms with van der Waals surface area (Å²) in [5, 5.41) is 0.594. The fraction of sp³-hybridized carbons (Fsp3) is 0. The molecule has 1 N–H and O–H groups in total. The van der Waals surface area contributed by atoms with Gasteiger partial charge in [-0.2, -0.15) is 0 Å². The number of hydrogen-bond acceptors (Lipinski definition) is 3. The van der Waals surface area contributed by atoms with Crippen molar-refractivity contribution in [2.24, 2.45) is 0 Å². The first-order valence-corrected chi connectivity index (χ1v) is 6.89. The highest BCUT2D eigenvalue weighted by atomic mass is 35.5. The van der Waals surface area contributed by atoms with Gasteiger partial charge in [0.05, 0.1) is 4.90 Å². The van der Waals surface area contributed by atoms with Gasteiger partial charge in [0.25, 0.3) is 0 Å². The molecular formula is C13H8ClNO3S. The van der Waals surface area contributed by atoms with Crippen LogP contribution in [-0.2, 0) is 11.1 Å². The second-order valence-electron chi connectivity index (χ2n) is 3.91. The van der Waals surface area contributed by atoms with Crippen molar-refractivity contribution in [3.63, 3.8) is 0 Å². The topological polar surface area (TPSA) is 63.3 Å². The van der Waals surface area contributed by atoms with E-state index in [4.69, 9.17) is 20.6 Å². The molecule has 1 atom stereocenters. The highest BCUT2D eigenvalue weighted by Crippen LogP contribution is 2.27. The van der Waals surface area contributed by atoms with E-state index in [9.17, 15) is 4.21 Å². The molecule has 1 heterocycles. The second kappa shape index (κ2) is 4.77. The van der Waals surface area contributed by atoms with Crippen molar-refractivity contribution < 1.29 is 13.2 Å². The normalized spacial score (nSPS) is 12.7. The predicted octanol–water partition coefficient (Wildman–Crippen LogP) is 3.73. The molecule has 0 aliphatic rings. The zero-order valence-corrected chi connectivity index (χ0v) is 11.1. The molecule has 3 aromatic rings. The Labute approximate surface area is 116 Å². The Kier molecular flexibility index (Phi) is 3.10. The zero-order chi connectivity index (χ0) is 13.4. The molecule has 0 amide bonds. The molecule has 2 aromatic carbocycles. The molecule has 0 saturated carbocycles. The lowest BCUT2D eigenvalue weighted by molar-refractivity contribution is 0.564.